The average Bonchev–Trinajstić information content (AvgIpc) is 2.74. The molecule has 0 aromatic carbocycles. The Balaban J connectivity index is 0.000000329. The van der Waals surface area contributed by atoms with E-state index in [2.05, 4.69) is 67.5 Å². The van der Waals surface area contributed by atoms with Crippen molar-refractivity contribution in [3.05, 3.63) is 45.6 Å². The molecule has 1 heterocycles. The molecule has 0 saturated carbocycles. The van der Waals surface area contributed by atoms with E-state index in [0.717, 1.165) is 0 Å². The van der Waals surface area contributed by atoms with E-state index in [4.69, 9.17) is 0 Å². The Labute approximate surface area is 170 Å². The summed E-state index contributed by atoms with van der Waals surface area (Å²) in [5, 5.41) is 3.31. The predicted octanol–water partition coefficient (Wildman–Crippen LogP) is 6.10. The smallest absolute Gasteiger partial charge is 0.266 e. The molecule has 125 valence electrons. The summed E-state index contributed by atoms with van der Waals surface area (Å²) < 4.78 is 0. The van der Waals surface area contributed by atoms with Gasteiger partial charge in [0.25, 0.3) is 0 Å². The van der Waals surface area contributed by atoms with E-state index >= 15 is 0 Å². The zero-order valence-corrected chi connectivity index (χ0v) is 21.2. The van der Waals surface area contributed by atoms with Crippen molar-refractivity contribution in [2.24, 2.45) is 11.8 Å². The first kappa shape index (κ1) is 23.4. The van der Waals surface area contributed by atoms with Crippen LogP contribution in [0.4, 0.5) is 0 Å². The minimum atomic E-state index is 0. The van der Waals surface area contributed by atoms with Crippen LogP contribution in [0.2, 0.25) is 10.5 Å². The fourth-order valence-corrected chi connectivity index (χ4v) is 3.38. The van der Waals surface area contributed by atoms with E-state index in [-0.39, 0.29) is 26.2 Å². The van der Waals surface area contributed by atoms with Gasteiger partial charge in [-0.05, 0) is 0 Å². The second-order valence-corrected chi connectivity index (χ2v) is 10.5. The Hall–Kier alpha value is 0.386. The molecule has 0 aromatic heterocycles. The molecule has 3 rings (SSSR count). The SMILES string of the molecule is C1[CH2][GeH][CH2]1.CC1=[C-]C(C)C(C)=C1C.CC1=[C-]C(C)C(C)=C1C.[Zr+2]. The molecule has 0 N–H and O–H groups in total. The van der Waals surface area contributed by atoms with Gasteiger partial charge in [0.05, 0.1) is 0 Å². The van der Waals surface area contributed by atoms with Crippen LogP contribution < -0.4 is 0 Å². The minimum Gasteiger partial charge on any atom is -0.266 e. The largest absolute Gasteiger partial charge is 2.00 e. The van der Waals surface area contributed by atoms with Crippen molar-refractivity contribution in [3.63, 3.8) is 0 Å². The number of hydrogen-bond acceptors (Lipinski definition) is 0. The maximum Gasteiger partial charge on any atom is 2.00 e. The molecule has 2 heteroatoms. The van der Waals surface area contributed by atoms with Crippen molar-refractivity contribution >= 4 is 15.4 Å². The topological polar surface area (TPSA) is 0 Å². The third-order valence-electron chi connectivity index (χ3n) is 5.29. The van der Waals surface area contributed by atoms with Gasteiger partial charge in [-0.25, -0.2) is 11.1 Å². The molecule has 2 atom stereocenters. The average molecular weight is 449 g/mol. The standard InChI is InChI=1S/2C9H13.C3H7Ge.Zr/c2*1-6-5-7(2)9(4)8(6)3;1-2-4-3-1;/h2*6H,1-4H3;4H,1-3H2;/q2*-1;;+2. The van der Waals surface area contributed by atoms with Gasteiger partial charge in [0.1, 0.15) is 0 Å². The van der Waals surface area contributed by atoms with Crippen LogP contribution in [0.5, 0.6) is 0 Å². The Morgan fingerprint density at radius 1 is 0.739 bits per heavy atom. The van der Waals surface area contributed by atoms with Gasteiger partial charge in [-0.15, -0.1) is 13.8 Å². The molecule has 2 aliphatic carbocycles. The number of rotatable bonds is 0. The van der Waals surface area contributed by atoms with Gasteiger partial charge < -0.3 is 0 Å². The molecule has 0 amide bonds. The van der Waals surface area contributed by atoms with Crippen LogP contribution in [0.25, 0.3) is 0 Å². The van der Waals surface area contributed by atoms with Gasteiger partial charge >= 0.3 is 58.6 Å². The minimum absolute atomic E-state index is 0. The molecule has 3 aliphatic rings. The Kier molecular flexibility index (Phi) is 11.3. The fourth-order valence-electron chi connectivity index (χ4n) is 2.53. The molecule has 2 unspecified atom stereocenters. The van der Waals surface area contributed by atoms with Crippen LogP contribution in [0, 0.1) is 24.0 Å². The zero-order chi connectivity index (χ0) is 16.9. The summed E-state index contributed by atoms with van der Waals surface area (Å²) in [6, 6.07) is 0. The van der Waals surface area contributed by atoms with Crippen LogP contribution in [0.1, 0.15) is 61.8 Å². The molecule has 23 heavy (non-hydrogen) atoms. The molecule has 0 spiro atoms. The summed E-state index contributed by atoms with van der Waals surface area (Å²) >= 11 is 0.493. The predicted molar refractivity (Wildman–Crippen MR) is 101 cm³/mol. The Bertz CT molecular complexity index is 468. The van der Waals surface area contributed by atoms with E-state index in [1.165, 1.54) is 33.4 Å². The monoisotopic (exact) mass is 449 g/mol. The van der Waals surface area contributed by atoms with Crippen molar-refractivity contribution in [3.8, 4) is 0 Å². The summed E-state index contributed by atoms with van der Waals surface area (Å²) in [6.07, 6.45) is 8.29. The summed E-state index contributed by atoms with van der Waals surface area (Å²) in [4.78, 5) is 0. The molecule has 1 radical (unpaired) electrons. The second-order valence-electron chi connectivity index (χ2n) is 6.82. The molecule has 1 aliphatic heterocycles. The van der Waals surface area contributed by atoms with Crippen LogP contribution >= 0.6 is 0 Å². The van der Waals surface area contributed by atoms with E-state index in [1.54, 1.807) is 16.9 Å². The maximum atomic E-state index is 3.36. The summed E-state index contributed by atoms with van der Waals surface area (Å²) in [6.45, 7) is 17.3. The van der Waals surface area contributed by atoms with Crippen molar-refractivity contribution in [1.29, 1.82) is 0 Å². The van der Waals surface area contributed by atoms with E-state index in [9.17, 15) is 0 Å². The first-order chi connectivity index (χ1) is 10.3. The number of hydrogen-bond donors (Lipinski definition) is 0. The molecule has 0 aromatic rings. The first-order valence-electron chi connectivity index (χ1n) is 8.63. The van der Waals surface area contributed by atoms with Crippen LogP contribution in [-0.2, 0) is 26.2 Å². The van der Waals surface area contributed by atoms with Crippen LogP contribution in [0.15, 0.2) is 33.4 Å². The normalized spacial score (nSPS) is 25.4. The quantitative estimate of drug-likeness (QED) is 0.310. The zero-order valence-electron chi connectivity index (χ0n) is 16.4. The third-order valence-corrected chi connectivity index (χ3v) is 8.72. The van der Waals surface area contributed by atoms with Crippen molar-refractivity contribution in [2.45, 2.75) is 72.3 Å². The summed E-state index contributed by atoms with van der Waals surface area (Å²) in [5.74, 6) is 1.12. The van der Waals surface area contributed by atoms with Crippen LogP contribution in [0.3, 0.4) is 0 Å². The summed E-state index contributed by atoms with van der Waals surface area (Å²) in [5.41, 5.74) is 8.49. The van der Waals surface area contributed by atoms with Crippen molar-refractivity contribution in [1.82, 2.24) is 0 Å². The van der Waals surface area contributed by atoms with Gasteiger partial charge in [-0.2, -0.15) is 22.3 Å². The molecule has 0 nitrogen and oxygen atoms in total. The van der Waals surface area contributed by atoms with Crippen molar-refractivity contribution in [2.75, 3.05) is 0 Å². The van der Waals surface area contributed by atoms with Crippen LogP contribution in [-0.4, -0.2) is 15.4 Å². The fraction of sp³-hybridized carbons (Fsp3) is 0.619. The molecule has 0 bridgehead atoms. The number of allylic oxidation sites excluding steroid dienone is 8. The molecular formula is C21H33GeZr. The Morgan fingerprint density at radius 3 is 1.04 bits per heavy atom. The molecule has 1 saturated heterocycles. The van der Waals surface area contributed by atoms with Gasteiger partial charge in [-0.1, -0.05) is 53.4 Å². The van der Waals surface area contributed by atoms with Crippen molar-refractivity contribution < 1.29 is 26.2 Å². The molecule has 1 fully saturated rings. The third kappa shape index (κ3) is 7.03. The molecular weight excluding hydrogens is 416 g/mol. The van der Waals surface area contributed by atoms with E-state index in [1.807, 2.05) is 0 Å². The first-order valence-corrected chi connectivity index (χ1v) is 12.1. The second kappa shape index (κ2) is 11.1. The maximum absolute atomic E-state index is 3.36. The summed E-state index contributed by atoms with van der Waals surface area (Å²) in [7, 11) is 0. The van der Waals surface area contributed by atoms with E-state index in [0.29, 0.717) is 27.3 Å². The Morgan fingerprint density at radius 2 is 1.00 bits per heavy atom. The van der Waals surface area contributed by atoms with E-state index < -0.39 is 0 Å². The van der Waals surface area contributed by atoms with Gasteiger partial charge in [0.2, 0.25) is 0 Å². The van der Waals surface area contributed by atoms with Gasteiger partial charge in [-0.3, -0.25) is 12.2 Å². The van der Waals surface area contributed by atoms with Gasteiger partial charge in [0.15, 0.2) is 0 Å². The van der Waals surface area contributed by atoms with Gasteiger partial charge in [0, 0.05) is 0 Å².